The molecule has 1 N–H and O–H groups in total. The molecule has 1 aliphatic heterocycles. The highest BCUT2D eigenvalue weighted by atomic mass is 16.2. The van der Waals surface area contributed by atoms with E-state index < -0.39 is 0 Å². The number of anilines is 2. The molecular weight excluding hydrogens is 314 g/mol. The second kappa shape index (κ2) is 6.68. The van der Waals surface area contributed by atoms with E-state index >= 15 is 0 Å². The molecule has 4 rings (SSSR count). The Hall–Kier alpha value is -3.28. The van der Waals surface area contributed by atoms with Gasteiger partial charge >= 0.3 is 0 Å². The van der Waals surface area contributed by atoms with Crippen molar-refractivity contribution in [3.05, 3.63) is 77.7 Å². The Kier molecular flexibility index (Phi) is 4.08. The molecule has 25 heavy (non-hydrogen) atoms. The van der Waals surface area contributed by atoms with Crippen molar-refractivity contribution >= 4 is 17.4 Å². The van der Waals surface area contributed by atoms with Gasteiger partial charge in [-0.05, 0) is 47.9 Å². The van der Waals surface area contributed by atoms with E-state index in [9.17, 15) is 4.79 Å². The van der Waals surface area contributed by atoms with Crippen molar-refractivity contribution in [3.63, 3.8) is 0 Å². The van der Waals surface area contributed by atoms with Gasteiger partial charge in [0.25, 0.3) is 5.91 Å². The minimum Gasteiger partial charge on any atom is -0.365 e. The van der Waals surface area contributed by atoms with Gasteiger partial charge in [0.15, 0.2) is 5.69 Å². The molecule has 6 nitrogen and oxygen atoms in total. The van der Waals surface area contributed by atoms with Crippen LogP contribution in [0.1, 0.15) is 21.6 Å². The number of amides is 1. The van der Waals surface area contributed by atoms with Crippen LogP contribution in [0.15, 0.2) is 60.9 Å². The maximum Gasteiger partial charge on any atom is 0.278 e. The third-order valence-electron chi connectivity index (χ3n) is 4.24. The molecule has 0 saturated carbocycles. The van der Waals surface area contributed by atoms with Crippen LogP contribution in [0.3, 0.4) is 0 Å². The summed E-state index contributed by atoms with van der Waals surface area (Å²) in [6.45, 7) is 1.31. The lowest BCUT2D eigenvalue weighted by Gasteiger charge is -2.16. The van der Waals surface area contributed by atoms with E-state index in [1.54, 1.807) is 29.4 Å². The number of rotatable bonds is 4. The number of hydrogen-bond donors (Lipinski definition) is 1. The van der Waals surface area contributed by atoms with Gasteiger partial charge in [-0.2, -0.15) is 0 Å². The van der Waals surface area contributed by atoms with E-state index in [4.69, 9.17) is 0 Å². The summed E-state index contributed by atoms with van der Waals surface area (Å²) in [7, 11) is 0. The van der Waals surface area contributed by atoms with Gasteiger partial charge in [-0.1, -0.05) is 18.2 Å². The van der Waals surface area contributed by atoms with E-state index in [1.807, 2.05) is 30.3 Å². The van der Waals surface area contributed by atoms with Crippen LogP contribution < -0.4 is 10.2 Å². The Morgan fingerprint density at radius 1 is 1.04 bits per heavy atom. The third kappa shape index (κ3) is 3.19. The number of nitrogens with zero attached hydrogens (tertiary/aromatic N) is 4. The fourth-order valence-corrected chi connectivity index (χ4v) is 2.92. The second-order valence-corrected chi connectivity index (χ2v) is 5.85. The van der Waals surface area contributed by atoms with Crippen molar-refractivity contribution in [2.75, 3.05) is 16.8 Å². The zero-order chi connectivity index (χ0) is 17.1. The van der Waals surface area contributed by atoms with Crippen LogP contribution >= 0.6 is 0 Å². The van der Waals surface area contributed by atoms with E-state index in [0.717, 1.165) is 17.7 Å². The number of carbonyl (C=O) groups is 1. The number of aromatic nitrogens is 3. The van der Waals surface area contributed by atoms with Crippen LogP contribution in [0, 0.1) is 0 Å². The molecule has 0 saturated heterocycles. The maximum absolute atomic E-state index is 12.7. The predicted octanol–water partition coefficient (Wildman–Crippen LogP) is 2.69. The molecular formula is C19H17N5O. The Balaban J connectivity index is 1.44. The molecule has 3 heterocycles. The van der Waals surface area contributed by atoms with Crippen LogP contribution in [0.25, 0.3) is 0 Å². The van der Waals surface area contributed by atoms with Crippen LogP contribution in [-0.2, 0) is 13.0 Å². The maximum atomic E-state index is 12.7. The molecule has 1 amide bonds. The van der Waals surface area contributed by atoms with Crippen LogP contribution in [0.2, 0.25) is 0 Å². The van der Waals surface area contributed by atoms with Crippen LogP contribution in [-0.4, -0.2) is 27.6 Å². The number of benzene rings is 1. The number of nitrogens with one attached hydrogen (secondary N) is 1. The Labute approximate surface area is 145 Å². The summed E-state index contributed by atoms with van der Waals surface area (Å²) in [5, 5.41) is 11.4. The van der Waals surface area contributed by atoms with E-state index in [1.165, 1.54) is 5.56 Å². The van der Waals surface area contributed by atoms with Crippen molar-refractivity contribution in [2.24, 2.45) is 0 Å². The highest BCUT2D eigenvalue weighted by Gasteiger charge is 2.26. The molecule has 0 bridgehead atoms. The molecule has 0 radical (unpaired) electrons. The van der Waals surface area contributed by atoms with Gasteiger partial charge in [0.05, 0.1) is 0 Å². The highest BCUT2D eigenvalue weighted by molar-refractivity contribution is 6.06. The lowest BCUT2D eigenvalue weighted by atomic mass is 10.2. The topological polar surface area (TPSA) is 71.0 Å². The molecule has 0 unspecified atom stereocenters. The standard InChI is InChI=1S/C19H17N5O/c25-19(24-12-9-15-3-1-2-4-17(15)24)16-5-6-18(23-22-16)21-13-14-7-10-20-11-8-14/h1-8,10-11H,9,12-13H2,(H,21,23). The summed E-state index contributed by atoms with van der Waals surface area (Å²) in [6, 6.07) is 15.3. The molecule has 1 aromatic carbocycles. The average Bonchev–Trinajstić information content (AvgIpc) is 3.11. The first-order valence-electron chi connectivity index (χ1n) is 8.17. The van der Waals surface area contributed by atoms with Crippen molar-refractivity contribution in [2.45, 2.75) is 13.0 Å². The minimum absolute atomic E-state index is 0.113. The van der Waals surface area contributed by atoms with Crippen molar-refractivity contribution in [1.82, 2.24) is 15.2 Å². The number of fused-ring (bicyclic) bond motifs is 1. The lowest BCUT2D eigenvalue weighted by Crippen LogP contribution is -2.29. The van der Waals surface area contributed by atoms with E-state index in [-0.39, 0.29) is 5.91 Å². The fraction of sp³-hybridized carbons (Fsp3) is 0.158. The summed E-state index contributed by atoms with van der Waals surface area (Å²) in [4.78, 5) is 18.5. The molecule has 0 spiro atoms. The normalized spacial score (nSPS) is 12.7. The van der Waals surface area contributed by atoms with Gasteiger partial charge in [-0.25, -0.2) is 0 Å². The Bertz CT molecular complexity index is 880. The molecule has 0 atom stereocenters. The number of carbonyl (C=O) groups excluding carboxylic acids is 1. The van der Waals surface area contributed by atoms with Gasteiger partial charge in [0, 0.05) is 31.2 Å². The van der Waals surface area contributed by atoms with Gasteiger partial charge in [-0.15, -0.1) is 10.2 Å². The van der Waals surface area contributed by atoms with Crippen molar-refractivity contribution in [1.29, 1.82) is 0 Å². The first-order chi connectivity index (χ1) is 12.3. The first-order valence-corrected chi connectivity index (χ1v) is 8.17. The number of pyridine rings is 1. The molecule has 0 fully saturated rings. The summed E-state index contributed by atoms with van der Waals surface area (Å²) in [5.41, 5.74) is 3.62. The zero-order valence-electron chi connectivity index (χ0n) is 13.6. The van der Waals surface area contributed by atoms with Gasteiger partial charge in [0.2, 0.25) is 0 Å². The van der Waals surface area contributed by atoms with Crippen LogP contribution in [0.5, 0.6) is 0 Å². The summed E-state index contributed by atoms with van der Waals surface area (Å²) >= 11 is 0. The van der Waals surface area contributed by atoms with E-state index in [2.05, 4.69) is 26.6 Å². The molecule has 6 heteroatoms. The Morgan fingerprint density at radius 3 is 2.68 bits per heavy atom. The van der Waals surface area contributed by atoms with Crippen LogP contribution in [0.4, 0.5) is 11.5 Å². The Morgan fingerprint density at radius 2 is 1.88 bits per heavy atom. The number of para-hydroxylation sites is 1. The van der Waals surface area contributed by atoms with Gasteiger partial charge < -0.3 is 10.2 Å². The molecule has 3 aromatic rings. The summed E-state index contributed by atoms with van der Waals surface area (Å²) < 4.78 is 0. The fourth-order valence-electron chi connectivity index (χ4n) is 2.92. The molecule has 0 aliphatic carbocycles. The SMILES string of the molecule is O=C(c1ccc(NCc2ccncc2)nn1)N1CCc2ccccc21. The molecule has 2 aromatic heterocycles. The minimum atomic E-state index is -0.113. The molecule has 124 valence electrons. The van der Waals surface area contributed by atoms with E-state index in [0.29, 0.717) is 24.6 Å². The first kappa shape index (κ1) is 15.3. The third-order valence-corrected chi connectivity index (χ3v) is 4.24. The van der Waals surface area contributed by atoms with Crippen molar-refractivity contribution in [3.8, 4) is 0 Å². The monoisotopic (exact) mass is 331 g/mol. The largest absolute Gasteiger partial charge is 0.365 e. The highest BCUT2D eigenvalue weighted by Crippen LogP contribution is 2.28. The van der Waals surface area contributed by atoms with Crippen molar-refractivity contribution < 1.29 is 4.79 Å². The molecule has 1 aliphatic rings. The average molecular weight is 331 g/mol. The zero-order valence-corrected chi connectivity index (χ0v) is 13.6. The summed E-state index contributed by atoms with van der Waals surface area (Å²) in [5.74, 6) is 0.522. The van der Waals surface area contributed by atoms with Gasteiger partial charge in [-0.3, -0.25) is 9.78 Å². The predicted molar refractivity (Wildman–Crippen MR) is 95.4 cm³/mol. The smallest absolute Gasteiger partial charge is 0.278 e. The van der Waals surface area contributed by atoms with Gasteiger partial charge in [0.1, 0.15) is 5.82 Å². The quantitative estimate of drug-likeness (QED) is 0.796. The number of hydrogen-bond acceptors (Lipinski definition) is 5. The lowest BCUT2D eigenvalue weighted by molar-refractivity contribution is 0.0983. The second-order valence-electron chi connectivity index (χ2n) is 5.85. The summed E-state index contributed by atoms with van der Waals surface area (Å²) in [6.07, 6.45) is 4.37.